The summed E-state index contributed by atoms with van der Waals surface area (Å²) in [5.74, 6) is -0.747. The number of aromatic hydroxyl groups is 1. The first-order valence-electron chi connectivity index (χ1n) is 5.12. The highest BCUT2D eigenvalue weighted by Gasteiger charge is 2.08. The fraction of sp³-hybridized carbons (Fsp3) is 0. The highest BCUT2D eigenvalue weighted by Crippen LogP contribution is 2.26. The fourth-order valence-corrected chi connectivity index (χ4v) is 1.62. The highest BCUT2D eigenvalue weighted by atomic mass is 16.3. The number of carbonyl (C=O) groups excluding carboxylic acids is 1. The van der Waals surface area contributed by atoms with Gasteiger partial charge in [-0.25, -0.2) is 0 Å². The van der Waals surface area contributed by atoms with Crippen LogP contribution >= 0.6 is 0 Å². The highest BCUT2D eigenvalue weighted by molar-refractivity contribution is 6.03. The van der Waals surface area contributed by atoms with Crippen LogP contribution in [0.1, 0.15) is 5.56 Å². The van der Waals surface area contributed by atoms with Gasteiger partial charge in [0.2, 0.25) is 0 Å². The fourth-order valence-electron chi connectivity index (χ4n) is 1.62. The van der Waals surface area contributed by atoms with Crippen molar-refractivity contribution in [3.63, 3.8) is 0 Å². The zero-order chi connectivity index (χ0) is 13.1. The van der Waals surface area contributed by atoms with Crippen molar-refractivity contribution >= 4 is 22.9 Å². The molecule has 0 aliphatic rings. The second-order valence-corrected chi connectivity index (χ2v) is 3.61. The number of benzene rings is 1. The molecule has 1 heterocycles. The van der Waals surface area contributed by atoms with Crippen LogP contribution in [-0.2, 0) is 4.79 Å². The van der Waals surface area contributed by atoms with Gasteiger partial charge >= 0.3 is 0 Å². The molecule has 0 radical (unpaired) electrons. The average Bonchev–Trinajstić information content (AvgIpc) is 2.38. The van der Waals surface area contributed by atoms with Gasteiger partial charge in [-0.1, -0.05) is 12.1 Å². The SMILES string of the molecule is N#C/C(=C\c1ccc(O)c2ncccc12)C(N)=O. The summed E-state index contributed by atoms with van der Waals surface area (Å²) in [6.45, 7) is 0. The Balaban J connectivity index is 2.71. The summed E-state index contributed by atoms with van der Waals surface area (Å²) in [6, 6.07) is 8.23. The van der Waals surface area contributed by atoms with Crippen molar-refractivity contribution < 1.29 is 9.90 Å². The molecule has 1 aromatic carbocycles. The molecule has 0 bridgehead atoms. The van der Waals surface area contributed by atoms with Crippen molar-refractivity contribution in [3.05, 3.63) is 41.6 Å². The molecule has 18 heavy (non-hydrogen) atoms. The molecule has 1 aromatic heterocycles. The van der Waals surface area contributed by atoms with Crippen molar-refractivity contribution in [1.29, 1.82) is 5.26 Å². The molecule has 0 spiro atoms. The van der Waals surface area contributed by atoms with Gasteiger partial charge in [-0.3, -0.25) is 9.78 Å². The predicted molar refractivity (Wildman–Crippen MR) is 66.2 cm³/mol. The van der Waals surface area contributed by atoms with Crippen molar-refractivity contribution in [1.82, 2.24) is 4.98 Å². The van der Waals surface area contributed by atoms with Gasteiger partial charge in [-0.15, -0.1) is 0 Å². The molecule has 0 atom stereocenters. The molecule has 2 aromatic rings. The van der Waals surface area contributed by atoms with Crippen LogP contribution in [0.5, 0.6) is 5.75 Å². The van der Waals surface area contributed by atoms with E-state index in [0.29, 0.717) is 16.5 Å². The third-order valence-corrected chi connectivity index (χ3v) is 2.47. The summed E-state index contributed by atoms with van der Waals surface area (Å²) in [7, 11) is 0. The molecule has 5 heteroatoms. The normalized spacial score (nSPS) is 11.2. The van der Waals surface area contributed by atoms with Gasteiger partial charge < -0.3 is 10.8 Å². The lowest BCUT2D eigenvalue weighted by Crippen LogP contribution is -2.12. The largest absolute Gasteiger partial charge is 0.506 e. The van der Waals surface area contributed by atoms with Gasteiger partial charge in [-0.05, 0) is 23.8 Å². The lowest BCUT2D eigenvalue weighted by molar-refractivity contribution is -0.114. The number of aromatic nitrogens is 1. The number of fused-ring (bicyclic) bond motifs is 1. The van der Waals surface area contributed by atoms with Crippen LogP contribution in [0.3, 0.4) is 0 Å². The van der Waals surface area contributed by atoms with E-state index in [1.54, 1.807) is 30.5 Å². The number of phenols is 1. The zero-order valence-corrected chi connectivity index (χ0v) is 9.29. The van der Waals surface area contributed by atoms with E-state index in [1.807, 2.05) is 0 Å². The Morgan fingerprint density at radius 1 is 1.44 bits per heavy atom. The Bertz CT molecular complexity index is 699. The summed E-state index contributed by atoms with van der Waals surface area (Å²) < 4.78 is 0. The minimum atomic E-state index is -0.789. The van der Waals surface area contributed by atoms with Crippen LogP contribution in [0.25, 0.3) is 17.0 Å². The van der Waals surface area contributed by atoms with Crippen LogP contribution in [0.2, 0.25) is 0 Å². The maximum absolute atomic E-state index is 11.0. The number of primary amides is 1. The van der Waals surface area contributed by atoms with Gasteiger partial charge in [0.1, 0.15) is 22.9 Å². The molecular weight excluding hydrogens is 230 g/mol. The third-order valence-electron chi connectivity index (χ3n) is 2.47. The number of hydrogen-bond donors (Lipinski definition) is 2. The number of nitrogens with two attached hydrogens (primary N) is 1. The number of pyridine rings is 1. The number of amides is 1. The monoisotopic (exact) mass is 239 g/mol. The molecule has 0 aliphatic heterocycles. The quantitative estimate of drug-likeness (QED) is 0.609. The Morgan fingerprint density at radius 3 is 2.89 bits per heavy atom. The van der Waals surface area contributed by atoms with E-state index in [1.165, 1.54) is 12.1 Å². The molecule has 1 amide bonds. The average molecular weight is 239 g/mol. The van der Waals surface area contributed by atoms with Crippen molar-refractivity contribution in [3.8, 4) is 11.8 Å². The minimum Gasteiger partial charge on any atom is -0.506 e. The Kier molecular flexibility index (Phi) is 2.94. The second-order valence-electron chi connectivity index (χ2n) is 3.61. The molecule has 2 rings (SSSR count). The van der Waals surface area contributed by atoms with Crippen LogP contribution in [0.4, 0.5) is 0 Å². The molecule has 0 saturated heterocycles. The number of carbonyl (C=O) groups is 1. The lowest BCUT2D eigenvalue weighted by atomic mass is 10.0. The Hall–Kier alpha value is -2.87. The van der Waals surface area contributed by atoms with Crippen LogP contribution in [0.15, 0.2) is 36.0 Å². The number of rotatable bonds is 2. The summed E-state index contributed by atoms with van der Waals surface area (Å²) in [6.07, 6.45) is 2.93. The first-order valence-corrected chi connectivity index (χ1v) is 5.12. The number of hydrogen-bond acceptors (Lipinski definition) is 4. The van der Waals surface area contributed by atoms with Crippen LogP contribution in [-0.4, -0.2) is 16.0 Å². The van der Waals surface area contributed by atoms with Gasteiger partial charge in [0.25, 0.3) is 5.91 Å². The predicted octanol–water partition coefficient (Wildman–Crippen LogP) is 1.33. The smallest absolute Gasteiger partial charge is 0.259 e. The summed E-state index contributed by atoms with van der Waals surface area (Å²) in [5, 5.41) is 19.1. The van der Waals surface area contributed by atoms with E-state index in [4.69, 9.17) is 11.0 Å². The van der Waals surface area contributed by atoms with E-state index in [-0.39, 0.29) is 11.3 Å². The van der Waals surface area contributed by atoms with Crippen molar-refractivity contribution in [2.24, 2.45) is 5.73 Å². The Labute approximate surface area is 103 Å². The molecule has 0 unspecified atom stereocenters. The van der Waals surface area contributed by atoms with E-state index in [2.05, 4.69) is 4.98 Å². The van der Waals surface area contributed by atoms with Gasteiger partial charge in [-0.2, -0.15) is 5.26 Å². The van der Waals surface area contributed by atoms with E-state index in [9.17, 15) is 9.90 Å². The first-order chi connectivity index (χ1) is 8.63. The van der Waals surface area contributed by atoms with Crippen LogP contribution < -0.4 is 5.73 Å². The zero-order valence-electron chi connectivity index (χ0n) is 9.29. The maximum atomic E-state index is 11.0. The first kappa shape index (κ1) is 11.6. The molecule has 88 valence electrons. The molecule has 5 nitrogen and oxygen atoms in total. The van der Waals surface area contributed by atoms with E-state index >= 15 is 0 Å². The molecule has 0 saturated carbocycles. The standard InChI is InChI=1S/C13H9N3O2/c14-7-9(13(15)18)6-8-3-4-11(17)12-10(8)2-1-5-16-12/h1-6,17H,(H2,15,18)/b9-6+. The number of nitriles is 1. The van der Waals surface area contributed by atoms with Crippen LogP contribution in [0, 0.1) is 11.3 Å². The molecule has 3 N–H and O–H groups in total. The number of phenolic OH excluding ortho intramolecular Hbond substituents is 1. The van der Waals surface area contributed by atoms with E-state index in [0.717, 1.165) is 0 Å². The van der Waals surface area contributed by atoms with Gasteiger partial charge in [0, 0.05) is 11.6 Å². The third kappa shape index (κ3) is 1.99. The second kappa shape index (κ2) is 4.55. The van der Waals surface area contributed by atoms with E-state index < -0.39 is 5.91 Å². The minimum absolute atomic E-state index is 0.0420. The van der Waals surface area contributed by atoms with Gasteiger partial charge in [0.05, 0.1) is 0 Å². The number of nitrogens with zero attached hydrogens (tertiary/aromatic N) is 2. The lowest BCUT2D eigenvalue weighted by Gasteiger charge is -2.03. The summed E-state index contributed by atoms with van der Waals surface area (Å²) in [5.41, 5.74) is 5.94. The summed E-state index contributed by atoms with van der Waals surface area (Å²) in [4.78, 5) is 15.0. The topological polar surface area (TPSA) is 100 Å². The van der Waals surface area contributed by atoms with Crippen molar-refractivity contribution in [2.75, 3.05) is 0 Å². The molecular formula is C13H9N3O2. The van der Waals surface area contributed by atoms with Crippen molar-refractivity contribution in [2.45, 2.75) is 0 Å². The van der Waals surface area contributed by atoms with Gasteiger partial charge in [0.15, 0.2) is 0 Å². The molecule has 0 fully saturated rings. The maximum Gasteiger partial charge on any atom is 0.259 e. The Morgan fingerprint density at radius 2 is 2.22 bits per heavy atom. The summed E-state index contributed by atoms with van der Waals surface area (Å²) >= 11 is 0. The molecule has 0 aliphatic carbocycles.